The predicted octanol–water partition coefficient (Wildman–Crippen LogP) is 2.10. The molecule has 3 aromatic rings. The van der Waals surface area contributed by atoms with Gasteiger partial charge < -0.3 is 10.2 Å². The molecular weight excluding hydrogens is 363 g/mol. The van der Waals surface area contributed by atoms with Crippen LogP contribution < -0.4 is 10.2 Å². The van der Waals surface area contributed by atoms with Gasteiger partial charge in [-0.05, 0) is 31.2 Å². The summed E-state index contributed by atoms with van der Waals surface area (Å²) in [4.78, 5) is 38.9. The molecule has 1 saturated heterocycles. The summed E-state index contributed by atoms with van der Waals surface area (Å²) in [6.45, 7) is 2.08. The van der Waals surface area contributed by atoms with Crippen molar-refractivity contribution in [3.05, 3.63) is 60.7 Å². The van der Waals surface area contributed by atoms with Gasteiger partial charge in [0.15, 0.2) is 0 Å². The summed E-state index contributed by atoms with van der Waals surface area (Å²) < 4.78 is 14.8. The van der Waals surface area contributed by atoms with Gasteiger partial charge in [-0.15, -0.1) is 0 Å². The average Bonchev–Trinajstić information content (AvgIpc) is 3.29. The largest absolute Gasteiger partial charge is 0.323 e. The van der Waals surface area contributed by atoms with Crippen LogP contribution in [0.15, 0.2) is 49.1 Å². The number of benzene rings is 1. The maximum atomic E-state index is 13.1. The highest BCUT2D eigenvalue weighted by Crippen LogP contribution is 2.26. The van der Waals surface area contributed by atoms with E-state index in [4.69, 9.17) is 0 Å². The number of nitrogens with zero attached hydrogens (tertiary/aromatic N) is 5. The topological polar surface area (TPSA) is 93.0 Å². The Morgan fingerprint density at radius 1 is 1.18 bits per heavy atom. The number of imidazole rings is 1. The predicted molar refractivity (Wildman–Crippen MR) is 99.4 cm³/mol. The van der Waals surface area contributed by atoms with Gasteiger partial charge in [0, 0.05) is 31.0 Å². The highest BCUT2D eigenvalue weighted by molar-refractivity contribution is 6.03. The molecule has 1 N–H and O–H groups in total. The summed E-state index contributed by atoms with van der Waals surface area (Å²) in [5.74, 6) is -0.136. The molecule has 2 aromatic heterocycles. The zero-order valence-corrected chi connectivity index (χ0v) is 15.0. The standard InChI is InChI=1S/C19H17FN6O2/c1-12-21-6-7-25(12)19-22-9-15(10-23-19)24-18(28)13-8-17(27)26(11-13)16-4-2-14(20)3-5-16/h2-7,9-10,13H,8,11H2,1H3,(H,24,28). The number of carbonyl (C=O) groups is 2. The molecule has 2 amide bonds. The molecule has 1 fully saturated rings. The molecule has 1 aliphatic rings. The van der Waals surface area contributed by atoms with Crippen molar-refractivity contribution in [3.63, 3.8) is 0 Å². The second-order valence-corrected chi connectivity index (χ2v) is 6.49. The van der Waals surface area contributed by atoms with E-state index in [2.05, 4.69) is 20.3 Å². The molecular formula is C19H17FN6O2. The molecule has 9 heteroatoms. The molecule has 1 unspecified atom stereocenters. The molecule has 1 aromatic carbocycles. The normalized spacial score (nSPS) is 16.4. The number of nitrogens with one attached hydrogen (secondary N) is 1. The Labute approximate surface area is 160 Å². The van der Waals surface area contributed by atoms with Crippen molar-refractivity contribution in [3.8, 4) is 5.95 Å². The van der Waals surface area contributed by atoms with E-state index in [1.807, 2.05) is 6.92 Å². The minimum absolute atomic E-state index is 0.0936. The highest BCUT2D eigenvalue weighted by Gasteiger charge is 2.35. The van der Waals surface area contributed by atoms with Gasteiger partial charge in [-0.3, -0.25) is 14.2 Å². The maximum absolute atomic E-state index is 13.1. The Morgan fingerprint density at radius 3 is 2.54 bits per heavy atom. The molecule has 1 aliphatic heterocycles. The van der Waals surface area contributed by atoms with Crippen molar-refractivity contribution in [2.45, 2.75) is 13.3 Å². The van der Waals surface area contributed by atoms with Crippen LogP contribution in [0.3, 0.4) is 0 Å². The number of hydrogen-bond acceptors (Lipinski definition) is 5. The summed E-state index contributed by atoms with van der Waals surface area (Å²) in [5, 5.41) is 2.74. The summed E-state index contributed by atoms with van der Waals surface area (Å²) in [6, 6.07) is 5.63. The summed E-state index contributed by atoms with van der Waals surface area (Å²) in [7, 11) is 0. The first-order chi connectivity index (χ1) is 13.5. The third-order valence-corrected chi connectivity index (χ3v) is 4.58. The van der Waals surface area contributed by atoms with Crippen LogP contribution in [-0.4, -0.2) is 37.9 Å². The Kier molecular flexibility index (Phi) is 4.56. The number of aryl methyl sites for hydroxylation is 1. The van der Waals surface area contributed by atoms with Crippen LogP contribution in [0.2, 0.25) is 0 Å². The molecule has 4 rings (SSSR count). The first-order valence-corrected chi connectivity index (χ1v) is 8.70. The lowest BCUT2D eigenvalue weighted by Gasteiger charge is -2.16. The van der Waals surface area contributed by atoms with E-state index in [1.165, 1.54) is 41.6 Å². The minimum atomic E-state index is -0.506. The Morgan fingerprint density at radius 2 is 1.89 bits per heavy atom. The van der Waals surface area contributed by atoms with Gasteiger partial charge in [0.25, 0.3) is 0 Å². The highest BCUT2D eigenvalue weighted by atomic mass is 19.1. The fourth-order valence-electron chi connectivity index (χ4n) is 3.10. The SMILES string of the molecule is Cc1nccn1-c1ncc(NC(=O)C2CC(=O)N(c3ccc(F)cc3)C2)cn1. The molecule has 0 radical (unpaired) electrons. The zero-order chi connectivity index (χ0) is 19.7. The van der Waals surface area contributed by atoms with Crippen LogP contribution in [0.1, 0.15) is 12.2 Å². The quantitative estimate of drug-likeness (QED) is 0.748. The summed E-state index contributed by atoms with van der Waals surface area (Å²) in [6.07, 6.45) is 6.51. The Balaban J connectivity index is 1.42. The van der Waals surface area contributed by atoms with Gasteiger partial charge in [0.2, 0.25) is 17.8 Å². The van der Waals surface area contributed by atoms with Crippen molar-refractivity contribution in [2.24, 2.45) is 5.92 Å². The molecule has 28 heavy (non-hydrogen) atoms. The molecule has 0 aliphatic carbocycles. The van der Waals surface area contributed by atoms with Gasteiger partial charge >= 0.3 is 0 Å². The van der Waals surface area contributed by atoms with Gasteiger partial charge in [-0.1, -0.05) is 0 Å². The lowest BCUT2D eigenvalue weighted by molar-refractivity contribution is -0.122. The number of aromatic nitrogens is 4. The van der Waals surface area contributed by atoms with Crippen LogP contribution in [0.4, 0.5) is 15.8 Å². The number of anilines is 2. The number of amides is 2. The van der Waals surface area contributed by atoms with E-state index in [1.54, 1.807) is 17.0 Å². The van der Waals surface area contributed by atoms with Gasteiger partial charge in [-0.2, -0.15) is 0 Å². The van der Waals surface area contributed by atoms with E-state index >= 15 is 0 Å². The van der Waals surface area contributed by atoms with Gasteiger partial charge in [-0.25, -0.2) is 19.3 Å². The van der Waals surface area contributed by atoms with E-state index < -0.39 is 5.92 Å². The second-order valence-electron chi connectivity index (χ2n) is 6.49. The first kappa shape index (κ1) is 17.8. The third-order valence-electron chi connectivity index (χ3n) is 4.58. The van der Waals surface area contributed by atoms with Crippen LogP contribution in [0.25, 0.3) is 5.95 Å². The van der Waals surface area contributed by atoms with Crippen molar-refractivity contribution < 1.29 is 14.0 Å². The van der Waals surface area contributed by atoms with Crippen LogP contribution >= 0.6 is 0 Å². The monoisotopic (exact) mass is 380 g/mol. The summed E-state index contributed by atoms with van der Waals surface area (Å²) >= 11 is 0. The van der Waals surface area contributed by atoms with Crippen molar-refractivity contribution in [1.82, 2.24) is 19.5 Å². The molecule has 0 bridgehead atoms. The van der Waals surface area contributed by atoms with Gasteiger partial charge in [0.1, 0.15) is 11.6 Å². The number of hydrogen-bond donors (Lipinski definition) is 1. The molecule has 8 nitrogen and oxygen atoms in total. The lowest BCUT2D eigenvalue weighted by Crippen LogP contribution is -2.28. The van der Waals surface area contributed by atoms with E-state index in [0.29, 0.717) is 17.3 Å². The van der Waals surface area contributed by atoms with Crippen LogP contribution in [0, 0.1) is 18.7 Å². The van der Waals surface area contributed by atoms with Crippen LogP contribution in [0.5, 0.6) is 0 Å². The average molecular weight is 380 g/mol. The third kappa shape index (κ3) is 3.46. The Hall–Kier alpha value is -3.62. The molecule has 0 saturated carbocycles. The zero-order valence-electron chi connectivity index (χ0n) is 15.0. The first-order valence-electron chi connectivity index (χ1n) is 8.70. The minimum Gasteiger partial charge on any atom is -0.323 e. The van der Waals surface area contributed by atoms with E-state index in [0.717, 1.165) is 5.82 Å². The molecule has 0 spiro atoms. The van der Waals surface area contributed by atoms with Crippen molar-refractivity contribution in [1.29, 1.82) is 0 Å². The Bertz CT molecular complexity index is 1020. The van der Waals surface area contributed by atoms with E-state index in [-0.39, 0.29) is 30.6 Å². The number of rotatable bonds is 4. The smallest absolute Gasteiger partial charge is 0.235 e. The van der Waals surface area contributed by atoms with Crippen molar-refractivity contribution >= 4 is 23.2 Å². The molecule has 1 atom stereocenters. The number of halogens is 1. The fraction of sp³-hybridized carbons (Fsp3) is 0.211. The molecule has 142 valence electrons. The summed E-state index contributed by atoms with van der Waals surface area (Å²) in [5.41, 5.74) is 1.02. The second kappa shape index (κ2) is 7.18. The molecule has 3 heterocycles. The fourth-order valence-corrected chi connectivity index (χ4v) is 3.10. The van der Waals surface area contributed by atoms with Crippen LogP contribution in [-0.2, 0) is 9.59 Å². The van der Waals surface area contributed by atoms with Crippen molar-refractivity contribution in [2.75, 3.05) is 16.8 Å². The van der Waals surface area contributed by atoms with E-state index in [9.17, 15) is 14.0 Å². The lowest BCUT2D eigenvalue weighted by atomic mass is 10.1. The maximum Gasteiger partial charge on any atom is 0.235 e. The number of carbonyl (C=O) groups excluding carboxylic acids is 2. The van der Waals surface area contributed by atoms with Gasteiger partial charge in [0.05, 0.1) is 24.0 Å².